The number of hydrogen-bond acceptors (Lipinski definition) is 1. The topological polar surface area (TPSA) is 20.2 Å². The van der Waals surface area contributed by atoms with E-state index in [4.69, 9.17) is 0 Å². The molecule has 2 rings (SSSR count). The second kappa shape index (κ2) is 2.12. The fourth-order valence-corrected chi connectivity index (χ4v) is 1.56. The summed E-state index contributed by atoms with van der Waals surface area (Å²) in [7, 11) is 0. The molecule has 1 nitrogen and oxygen atoms in total. The number of hydrogen-bond donors (Lipinski definition) is 1. The standard InChI is InChI=1S/C10H10O/c1-7-5-6-8-3-2-4-9(11)10(7)8/h2-7,11H,1H3. The minimum absolute atomic E-state index is 0.367. The van der Waals surface area contributed by atoms with Crippen molar-refractivity contribution in [3.05, 3.63) is 35.4 Å². The van der Waals surface area contributed by atoms with Gasteiger partial charge >= 0.3 is 0 Å². The molecule has 1 aliphatic carbocycles. The monoisotopic (exact) mass is 146 g/mol. The number of fused-ring (bicyclic) bond motifs is 1. The van der Waals surface area contributed by atoms with E-state index in [1.54, 1.807) is 6.07 Å². The van der Waals surface area contributed by atoms with Crippen LogP contribution in [0.25, 0.3) is 6.08 Å². The van der Waals surface area contributed by atoms with Crippen LogP contribution in [0, 0.1) is 0 Å². The van der Waals surface area contributed by atoms with Crippen LogP contribution in [0.4, 0.5) is 0 Å². The second-order valence-corrected chi connectivity index (χ2v) is 2.93. The van der Waals surface area contributed by atoms with Gasteiger partial charge in [-0.05, 0) is 11.6 Å². The Morgan fingerprint density at radius 1 is 1.36 bits per heavy atom. The summed E-state index contributed by atoms with van der Waals surface area (Å²) < 4.78 is 0. The zero-order chi connectivity index (χ0) is 7.84. The van der Waals surface area contributed by atoms with Gasteiger partial charge in [-0.1, -0.05) is 31.2 Å². The molecule has 56 valence electrons. The molecular weight excluding hydrogens is 136 g/mol. The highest BCUT2D eigenvalue weighted by Gasteiger charge is 2.15. The predicted octanol–water partition coefficient (Wildman–Crippen LogP) is 2.52. The maximum atomic E-state index is 9.46. The normalized spacial score (nSPS) is 20.3. The Bertz CT molecular complexity index is 313. The lowest BCUT2D eigenvalue weighted by Crippen LogP contribution is -1.86. The van der Waals surface area contributed by atoms with Crippen molar-refractivity contribution in [1.29, 1.82) is 0 Å². The number of benzene rings is 1. The Morgan fingerprint density at radius 2 is 2.18 bits per heavy atom. The number of allylic oxidation sites excluding steroid dienone is 1. The molecule has 0 amide bonds. The molecule has 1 aliphatic rings. The van der Waals surface area contributed by atoms with Crippen molar-refractivity contribution < 1.29 is 5.11 Å². The molecule has 0 aromatic heterocycles. The Kier molecular flexibility index (Phi) is 1.25. The van der Waals surface area contributed by atoms with Gasteiger partial charge in [-0.25, -0.2) is 0 Å². The second-order valence-electron chi connectivity index (χ2n) is 2.93. The Morgan fingerprint density at radius 3 is 2.91 bits per heavy atom. The van der Waals surface area contributed by atoms with Gasteiger partial charge in [0.1, 0.15) is 5.75 Å². The van der Waals surface area contributed by atoms with Crippen LogP contribution in [0.15, 0.2) is 24.3 Å². The predicted molar refractivity (Wildman–Crippen MR) is 45.6 cm³/mol. The zero-order valence-electron chi connectivity index (χ0n) is 6.41. The molecule has 0 saturated heterocycles. The smallest absolute Gasteiger partial charge is 0.119 e. The van der Waals surface area contributed by atoms with E-state index in [2.05, 4.69) is 19.1 Å². The van der Waals surface area contributed by atoms with Crippen LogP contribution in [0.3, 0.4) is 0 Å². The van der Waals surface area contributed by atoms with Crippen molar-refractivity contribution in [2.24, 2.45) is 0 Å². The molecule has 11 heavy (non-hydrogen) atoms. The first kappa shape index (κ1) is 6.47. The lowest BCUT2D eigenvalue weighted by molar-refractivity contribution is 0.467. The maximum absolute atomic E-state index is 9.46. The summed E-state index contributed by atoms with van der Waals surface area (Å²) in [6.45, 7) is 2.09. The van der Waals surface area contributed by atoms with E-state index in [1.165, 1.54) is 0 Å². The van der Waals surface area contributed by atoms with Gasteiger partial charge in [0.05, 0.1) is 0 Å². The first-order chi connectivity index (χ1) is 5.29. The highest BCUT2D eigenvalue weighted by atomic mass is 16.3. The third-order valence-electron chi connectivity index (χ3n) is 2.14. The highest BCUT2D eigenvalue weighted by molar-refractivity contribution is 5.65. The molecule has 1 heteroatoms. The average Bonchev–Trinajstić information content (AvgIpc) is 2.34. The van der Waals surface area contributed by atoms with Gasteiger partial charge in [-0.3, -0.25) is 0 Å². The van der Waals surface area contributed by atoms with Crippen LogP contribution in [-0.4, -0.2) is 5.11 Å². The molecule has 0 fully saturated rings. The molecule has 1 aromatic rings. The maximum Gasteiger partial charge on any atom is 0.119 e. The van der Waals surface area contributed by atoms with Gasteiger partial charge in [0.2, 0.25) is 0 Å². The number of aromatic hydroxyl groups is 1. The van der Waals surface area contributed by atoms with Crippen molar-refractivity contribution in [2.45, 2.75) is 12.8 Å². The fourth-order valence-electron chi connectivity index (χ4n) is 1.56. The molecule has 0 bridgehead atoms. The molecule has 0 heterocycles. The van der Waals surface area contributed by atoms with Crippen LogP contribution >= 0.6 is 0 Å². The third-order valence-corrected chi connectivity index (χ3v) is 2.14. The third kappa shape index (κ3) is 0.845. The summed E-state index contributed by atoms with van der Waals surface area (Å²) in [6, 6.07) is 5.63. The quantitative estimate of drug-likeness (QED) is 0.596. The highest BCUT2D eigenvalue weighted by Crippen LogP contribution is 2.35. The molecule has 1 unspecified atom stereocenters. The van der Waals surface area contributed by atoms with Crippen molar-refractivity contribution in [2.75, 3.05) is 0 Å². The van der Waals surface area contributed by atoms with Crippen LogP contribution in [0.5, 0.6) is 5.75 Å². The van der Waals surface area contributed by atoms with E-state index in [0.717, 1.165) is 11.1 Å². The largest absolute Gasteiger partial charge is 0.508 e. The average molecular weight is 146 g/mol. The van der Waals surface area contributed by atoms with E-state index in [0.29, 0.717) is 11.7 Å². The zero-order valence-corrected chi connectivity index (χ0v) is 6.41. The lowest BCUT2D eigenvalue weighted by atomic mass is 10.0. The van der Waals surface area contributed by atoms with Crippen molar-refractivity contribution >= 4 is 6.08 Å². The van der Waals surface area contributed by atoms with Crippen LogP contribution < -0.4 is 0 Å². The summed E-state index contributed by atoms with van der Waals surface area (Å²) in [6.07, 6.45) is 4.16. The Hall–Kier alpha value is -1.24. The van der Waals surface area contributed by atoms with Gasteiger partial charge in [0.15, 0.2) is 0 Å². The van der Waals surface area contributed by atoms with Gasteiger partial charge in [0.25, 0.3) is 0 Å². The van der Waals surface area contributed by atoms with Gasteiger partial charge in [-0.2, -0.15) is 0 Å². The molecule has 1 atom stereocenters. The Balaban J connectivity index is 2.65. The van der Waals surface area contributed by atoms with E-state index in [-0.39, 0.29) is 0 Å². The van der Waals surface area contributed by atoms with E-state index in [1.807, 2.05) is 12.1 Å². The lowest BCUT2D eigenvalue weighted by Gasteiger charge is -2.05. The van der Waals surface area contributed by atoms with Crippen LogP contribution in [0.2, 0.25) is 0 Å². The summed E-state index contributed by atoms with van der Waals surface area (Å²) in [5.41, 5.74) is 2.21. The molecule has 0 spiro atoms. The summed E-state index contributed by atoms with van der Waals surface area (Å²) >= 11 is 0. The number of phenolic OH excluding ortho intramolecular Hbond substituents is 1. The summed E-state index contributed by atoms with van der Waals surface area (Å²) in [5.74, 6) is 0.784. The summed E-state index contributed by atoms with van der Waals surface area (Å²) in [4.78, 5) is 0. The minimum atomic E-state index is 0.367. The molecule has 0 radical (unpaired) electrons. The van der Waals surface area contributed by atoms with Crippen molar-refractivity contribution in [3.63, 3.8) is 0 Å². The molecular formula is C10H10O. The molecule has 0 aliphatic heterocycles. The van der Waals surface area contributed by atoms with Crippen LogP contribution in [0.1, 0.15) is 24.0 Å². The van der Waals surface area contributed by atoms with Crippen molar-refractivity contribution in [3.8, 4) is 5.75 Å². The van der Waals surface area contributed by atoms with Gasteiger partial charge in [-0.15, -0.1) is 0 Å². The number of phenols is 1. The first-order valence-electron chi connectivity index (χ1n) is 3.79. The Labute approximate surface area is 66.0 Å². The van der Waals surface area contributed by atoms with E-state index in [9.17, 15) is 5.11 Å². The molecule has 1 N–H and O–H groups in total. The molecule has 0 saturated carbocycles. The van der Waals surface area contributed by atoms with E-state index < -0.39 is 0 Å². The van der Waals surface area contributed by atoms with E-state index >= 15 is 0 Å². The minimum Gasteiger partial charge on any atom is -0.508 e. The number of rotatable bonds is 0. The van der Waals surface area contributed by atoms with Gasteiger partial charge in [0, 0.05) is 11.5 Å². The van der Waals surface area contributed by atoms with Gasteiger partial charge < -0.3 is 5.11 Å². The fraction of sp³-hybridized carbons (Fsp3) is 0.200. The molecule has 1 aromatic carbocycles. The summed E-state index contributed by atoms with van der Waals surface area (Å²) in [5, 5.41) is 9.46. The van der Waals surface area contributed by atoms with Crippen LogP contribution in [-0.2, 0) is 0 Å². The SMILES string of the molecule is CC1C=Cc2cccc(O)c21. The van der Waals surface area contributed by atoms with Crippen molar-refractivity contribution in [1.82, 2.24) is 0 Å². The first-order valence-corrected chi connectivity index (χ1v) is 3.79.